The van der Waals surface area contributed by atoms with Gasteiger partial charge < -0.3 is 10.6 Å². The van der Waals surface area contributed by atoms with Crippen LogP contribution in [-0.2, 0) is 4.79 Å². The maximum absolute atomic E-state index is 11.0. The van der Waals surface area contributed by atoms with Crippen LogP contribution in [0.3, 0.4) is 0 Å². The van der Waals surface area contributed by atoms with E-state index in [0.717, 1.165) is 13.0 Å². The summed E-state index contributed by atoms with van der Waals surface area (Å²) in [6.45, 7) is 6.70. The molecule has 3 nitrogen and oxygen atoms in total. The van der Waals surface area contributed by atoms with Crippen LogP contribution in [0.5, 0.6) is 0 Å². The largest absolute Gasteiger partial charge is 0.338 e. The minimum atomic E-state index is 0.141. The molecule has 12 heavy (non-hydrogen) atoms. The molecule has 70 valence electrons. The molecule has 1 aliphatic heterocycles. The minimum Gasteiger partial charge on any atom is -0.338 e. The summed E-state index contributed by atoms with van der Waals surface area (Å²) < 4.78 is 0. The summed E-state index contributed by atoms with van der Waals surface area (Å²) in [7, 11) is 0. The van der Waals surface area contributed by atoms with E-state index in [1.165, 1.54) is 0 Å². The summed E-state index contributed by atoms with van der Waals surface area (Å²) >= 11 is 0. The molecule has 1 aliphatic rings. The fourth-order valence-electron chi connectivity index (χ4n) is 1.64. The van der Waals surface area contributed by atoms with Crippen LogP contribution in [0.1, 0.15) is 27.2 Å². The van der Waals surface area contributed by atoms with Crippen molar-refractivity contribution in [3.05, 3.63) is 0 Å². The lowest BCUT2D eigenvalue weighted by Gasteiger charge is -2.45. The van der Waals surface area contributed by atoms with Crippen LogP contribution in [0, 0.1) is 5.92 Å². The van der Waals surface area contributed by atoms with Gasteiger partial charge in [0.2, 0.25) is 5.91 Å². The molecule has 0 aliphatic carbocycles. The van der Waals surface area contributed by atoms with Crippen molar-refractivity contribution in [1.82, 2.24) is 4.90 Å². The van der Waals surface area contributed by atoms with Gasteiger partial charge in [-0.15, -0.1) is 0 Å². The van der Waals surface area contributed by atoms with Gasteiger partial charge in [0.15, 0.2) is 0 Å². The van der Waals surface area contributed by atoms with Crippen LogP contribution in [0.2, 0.25) is 0 Å². The van der Waals surface area contributed by atoms with Crippen LogP contribution >= 0.6 is 0 Å². The van der Waals surface area contributed by atoms with Gasteiger partial charge >= 0.3 is 0 Å². The van der Waals surface area contributed by atoms with Crippen molar-refractivity contribution in [2.75, 3.05) is 6.54 Å². The van der Waals surface area contributed by atoms with E-state index in [0.29, 0.717) is 12.0 Å². The molecule has 1 fully saturated rings. The fourth-order valence-corrected chi connectivity index (χ4v) is 1.64. The summed E-state index contributed by atoms with van der Waals surface area (Å²) in [5.74, 6) is 0.611. The van der Waals surface area contributed by atoms with Gasteiger partial charge in [-0.05, 0) is 12.3 Å². The average molecular weight is 170 g/mol. The van der Waals surface area contributed by atoms with E-state index in [4.69, 9.17) is 5.73 Å². The Morgan fingerprint density at radius 1 is 1.58 bits per heavy atom. The third-order valence-electron chi connectivity index (χ3n) is 2.68. The summed E-state index contributed by atoms with van der Waals surface area (Å²) in [6.07, 6.45) is 1.07. The highest BCUT2D eigenvalue weighted by atomic mass is 16.2. The quantitative estimate of drug-likeness (QED) is 0.659. The lowest BCUT2D eigenvalue weighted by molar-refractivity contribution is -0.137. The second-order valence-corrected chi connectivity index (χ2v) is 3.89. The number of likely N-dealkylation sites (tertiary alicyclic amines) is 1. The number of nitrogens with zero attached hydrogens (tertiary/aromatic N) is 1. The zero-order valence-electron chi connectivity index (χ0n) is 8.08. The standard InChI is InChI=1S/C9H18N2O/c1-6(2)9(10)8-4-5-11(8)7(3)12/h6,8-9H,4-5,10H2,1-3H3. The van der Waals surface area contributed by atoms with E-state index in [2.05, 4.69) is 13.8 Å². The van der Waals surface area contributed by atoms with Gasteiger partial charge in [0, 0.05) is 25.6 Å². The Hall–Kier alpha value is -0.570. The fraction of sp³-hybridized carbons (Fsp3) is 0.889. The first-order valence-corrected chi connectivity index (χ1v) is 4.57. The van der Waals surface area contributed by atoms with E-state index in [1.807, 2.05) is 4.90 Å². The zero-order valence-corrected chi connectivity index (χ0v) is 8.08. The normalized spacial score (nSPS) is 25.4. The molecule has 0 bridgehead atoms. The Bertz CT molecular complexity index is 179. The third kappa shape index (κ3) is 1.61. The molecule has 0 radical (unpaired) electrons. The summed E-state index contributed by atoms with van der Waals surface area (Å²) in [6, 6.07) is 0.435. The van der Waals surface area contributed by atoms with Crippen LogP contribution in [0.4, 0.5) is 0 Å². The average Bonchev–Trinajstić information content (AvgIpc) is 1.82. The summed E-state index contributed by atoms with van der Waals surface area (Å²) in [4.78, 5) is 12.9. The Morgan fingerprint density at radius 3 is 2.42 bits per heavy atom. The molecule has 0 aromatic heterocycles. The molecule has 0 spiro atoms. The molecule has 0 aromatic rings. The van der Waals surface area contributed by atoms with Gasteiger partial charge in [-0.3, -0.25) is 4.79 Å². The number of hydrogen-bond acceptors (Lipinski definition) is 2. The molecule has 1 saturated heterocycles. The Balaban J connectivity index is 2.48. The van der Waals surface area contributed by atoms with Crippen molar-refractivity contribution in [2.24, 2.45) is 11.7 Å². The maximum atomic E-state index is 11.0. The smallest absolute Gasteiger partial charge is 0.219 e. The monoisotopic (exact) mass is 170 g/mol. The molecule has 0 saturated carbocycles. The number of carbonyl (C=O) groups is 1. The zero-order chi connectivity index (χ0) is 9.30. The molecule has 2 N–H and O–H groups in total. The molecular formula is C9H18N2O. The second-order valence-electron chi connectivity index (χ2n) is 3.89. The Kier molecular flexibility index (Phi) is 2.73. The van der Waals surface area contributed by atoms with Gasteiger partial charge in [0.1, 0.15) is 0 Å². The van der Waals surface area contributed by atoms with Crippen molar-refractivity contribution in [1.29, 1.82) is 0 Å². The molecule has 1 rings (SSSR count). The molecule has 1 heterocycles. The first-order valence-electron chi connectivity index (χ1n) is 4.57. The van der Waals surface area contributed by atoms with Gasteiger partial charge in [-0.25, -0.2) is 0 Å². The van der Waals surface area contributed by atoms with Crippen molar-refractivity contribution in [3.8, 4) is 0 Å². The first-order chi connectivity index (χ1) is 5.54. The van der Waals surface area contributed by atoms with Crippen LogP contribution in [0.15, 0.2) is 0 Å². The highest BCUT2D eigenvalue weighted by Gasteiger charge is 2.35. The first kappa shape index (κ1) is 9.52. The third-order valence-corrected chi connectivity index (χ3v) is 2.68. The lowest BCUT2D eigenvalue weighted by Crippen LogP contribution is -2.60. The topological polar surface area (TPSA) is 46.3 Å². The lowest BCUT2D eigenvalue weighted by atomic mass is 9.88. The van der Waals surface area contributed by atoms with Gasteiger partial charge in [0.25, 0.3) is 0 Å². The predicted molar refractivity (Wildman–Crippen MR) is 48.6 cm³/mol. The van der Waals surface area contributed by atoms with E-state index in [9.17, 15) is 4.79 Å². The van der Waals surface area contributed by atoms with Gasteiger partial charge in [-0.1, -0.05) is 13.8 Å². The van der Waals surface area contributed by atoms with E-state index in [-0.39, 0.29) is 11.9 Å². The molecule has 2 unspecified atom stereocenters. The van der Waals surface area contributed by atoms with Crippen molar-refractivity contribution in [3.63, 3.8) is 0 Å². The second kappa shape index (κ2) is 3.44. The van der Waals surface area contributed by atoms with E-state index in [1.54, 1.807) is 6.92 Å². The van der Waals surface area contributed by atoms with Crippen LogP contribution < -0.4 is 5.73 Å². The highest BCUT2D eigenvalue weighted by Crippen LogP contribution is 2.22. The van der Waals surface area contributed by atoms with Crippen molar-refractivity contribution < 1.29 is 4.79 Å². The summed E-state index contributed by atoms with van der Waals surface area (Å²) in [5, 5.41) is 0. The number of hydrogen-bond donors (Lipinski definition) is 1. The maximum Gasteiger partial charge on any atom is 0.219 e. The molecule has 1 amide bonds. The molecule has 2 atom stereocenters. The Labute approximate surface area is 73.9 Å². The SMILES string of the molecule is CC(=O)N1CCC1C(N)C(C)C. The number of rotatable bonds is 2. The van der Waals surface area contributed by atoms with Crippen molar-refractivity contribution >= 4 is 5.91 Å². The molecule has 3 heteroatoms. The number of carbonyl (C=O) groups excluding carboxylic acids is 1. The highest BCUT2D eigenvalue weighted by molar-refractivity contribution is 5.74. The molecular weight excluding hydrogens is 152 g/mol. The molecule has 0 aromatic carbocycles. The summed E-state index contributed by atoms with van der Waals surface area (Å²) in [5.41, 5.74) is 5.96. The number of amides is 1. The van der Waals surface area contributed by atoms with Crippen LogP contribution in [-0.4, -0.2) is 29.4 Å². The number of nitrogens with two attached hydrogens (primary N) is 1. The van der Waals surface area contributed by atoms with Gasteiger partial charge in [-0.2, -0.15) is 0 Å². The van der Waals surface area contributed by atoms with Gasteiger partial charge in [0.05, 0.1) is 0 Å². The minimum absolute atomic E-state index is 0.141. The van der Waals surface area contributed by atoms with Crippen LogP contribution in [0.25, 0.3) is 0 Å². The van der Waals surface area contributed by atoms with E-state index >= 15 is 0 Å². The van der Waals surface area contributed by atoms with E-state index < -0.39 is 0 Å². The predicted octanol–water partition coefficient (Wildman–Crippen LogP) is 0.590. The Morgan fingerprint density at radius 2 is 2.17 bits per heavy atom. The van der Waals surface area contributed by atoms with Crippen molar-refractivity contribution in [2.45, 2.75) is 39.3 Å².